The minimum absolute atomic E-state index is 0.0428. The molecule has 0 aromatic heterocycles. The van der Waals surface area contributed by atoms with Crippen LogP contribution in [-0.4, -0.2) is 33.6 Å². The number of benzene rings is 1. The van der Waals surface area contributed by atoms with Crippen LogP contribution in [0.5, 0.6) is 11.5 Å². The van der Waals surface area contributed by atoms with Crippen LogP contribution in [0.25, 0.3) is 0 Å². The van der Waals surface area contributed by atoms with Gasteiger partial charge in [-0.1, -0.05) is 12.0 Å². The number of methoxy groups -OCH3 is 1. The van der Waals surface area contributed by atoms with Crippen molar-refractivity contribution in [1.29, 1.82) is 0 Å². The predicted molar refractivity (Wildman–Crippen MR) is 70.6 cm³/mol. The lowest BCUT2D eigenvalue weighted by Gasteiger charge is -2.07. The topological polar surface area (TPSA) is 52.6 Å². The molecule has 18 heavy (non-hydrogen) atoms. The maximum atomic E-state index is 11.3. The highest BCUT2D eigenvalue weighted by molar-refractivity contribution is 7.91. The molecule has 0 atom stereocenters. The average molecular weight is 268 g/mol. The van der Waals surface area contributed by atoms with Crippen LogP contribution < -0.4 is 9.47 Å². The molecule has 0 aliphatic carbocycles. The normalized spacial score (nSPS) is 10.7. The van der Waals surface area contributed by atoms with Gasteiger partial charge in [-0.25, -0.2) is 8.42 Å². The lowest BCUT2D eigenvalue weighted by molar-refractivity contribution is 0.315. The predicted octanol–water partition coefficient (Wildman–Crippen LogP) is 1.51. The second kappa shape index (κ2) is 6.92. The van der Waals surface area contributed by atoms with E-state index in [4.69, 9.17) is 15.9 Å². The fourth-order valence-corrected chi connectivity index (χ4v) is 2.31. The molecule has 0 aliphatic rings. The zero-order chi connectivity index (χ0) is 13.4. The summed E-state index contributed by atoms with van der Waals surface area (Å²) >= 11 is 0. The minimum atomic E-state index is -3.14. The first-order valence-corrected chi connectivity index (χ1v) is 7.30. The van der Waals surface area contributed by atoms with Gasteiger partial charge in [0.2, 0.25) is 0 Å². The lowest BCUT2D eigenvalue weighted by atomic mass is 10.3. The smallest absolute Gasteiger partial charge is 0.161 e. The molecule has 1 aromatic rings. The largest absolute Gasteiger partial charge is 0.497 e. The Labute approximate surface area is 108 Å². The van der Waals surface area contributed by atoms with E-state index in [0.29, 0.717) is 24.5 Å². The van der Waals surface area contributed by atoms with E-state index in [1.165, 1.54) is 0 Å². The maximum Gasteiger partial charge on any atom is 0.161 e. The van der Waals surface area contributed by atoms with E-state index in [1.54, 1.807) is 19.2 Å². The van der Waals surface area contributed by atoms with Gasteiger partial charge in [-0.2, -0.15) is 0 Å². The number of ether oxygens (including phenoxy) is 2. The van der Waals surface area contributed by atoms with E-state index >= 15 is 0 Å². The highest BCUT2D eigenvalue weighted by Crippen LogP contribution is 2.18. The maximum absolute atomic E-state index is 11.3. The molecule has 0 saturated heterocycles. The van der Waals surface area contributed by atoms with Crippen LogP contribution >= 0.6 is 0 Å². The van der Waals surface area contributed by atoms with Gasteiger partial charge in [-0.15, -0.1) is 6.42 Å². The van der Waals surface area contributed by atoms with Crippen molar-refractivity contribution < 1.29 is 17.9 Å². The van der Waals surface area contributed by atoms with Gasteiger partial charge in [-0.05, 0) is 18.6 Å². The Bertz CT molecular complexity index is 514. The molecule has 0 saturated carbocycles. The minimum Gasteiger partial charge on any atom is -0.497 e. The number of sulfone groups is 1. The highest BCUT2D eigenvalue weighted by atomic mass is 32.2. The van der Waals surface area contributed by atoms with Gasteiger partial charge in [0.25, 0.3) is 0 Å². The first-order valence-electron chi connectivity index (χ1n) is 5.48. The summed E-state index contributed by atoms with van der Waals surface area (Å²) in [6.07, 6.45) is 5.39. The molecule has 0 spiro atoms. The SMILES string of the molecule is C#CCS(=O)(=O)CCCOc1cccc(OC)c1. The quantitative estimate of drug-likeness (QED) is 0.555. The molecule has 1 aromatic carbocycles. The van der Waals surface area contributed by atoms with Crippen LogP contribution in [0.15, 0.2) is 24.3 Å². The Kier molecular flexibility index (Phi) is 5.53. The number of hydrogen-bond acceptors (Lipinski definition) is 4. The Hall–Kier alpha value is -1.67. The summed E-state index contributed by atoms with van der Waals surface area (Å²) in [6.45, 7) is 0.330. The van der Waals surface area contributed by atoms with Crippen molar-refractivity contribution in [2.24, 2.45) is 0 Å². The summed E-state index contributed by atoms with van der Waals surface area (Å²) < 4.78 is 33.1. The Balaban J connectivity index is 2.36. The third-order valence-electron chi connectivity index (χ3n) is 2.21. The van der Waals surface area contributed by atoms with Crippen LogP contribution in [0.1, 0.15) is 6.42 Å². The van der Waals surface area contributed by atoms with Crippen molar-refractivity contribution in [1.82, 2.24) is 0 Å². The lowest BCUT2D eigenvalue weighted by Crippen LogP contribution is -2.12. The number of hydrogen-bond donors (Lipinski definition) is 0. The third kappa shape index (κ3) is 5.11. The number of rotatable bonds is 7. The summed E-state index contributed by atoms with van der Waals surface area (Å²) in [4.78, 5) is 0. The van der Waals surface area contributed by atoms with E-state index in [9.17, 15) is 8.42 Å². The summed E-state index contributed by atoms with van der Waals surface area (Å²) in [7, 11) is -1.56. The molecule has 0 aliphatic heterocycles. The van der Waals surface area contributed by atoms with Crippen LogP contribution in [0, 0.1) is 12.3 Å². The van der Waals surface area contributed by atoms with Crippen LogP contribution in [0.4, 0.5) is 0 Å². The van der Waals surface area contributed by atoms with Crippen LogP contribution in [0.3, 0.4) is 0 Å². The second-order valence-corrected chi connectivity index (χ2v) is 5.86. The molecule has 0 fully saturated rings. The fourth-order valence-electron chi connectivity index (χ4n) is 1.36. The molecule has 0 amide bonds. The van der Waals surface area contributed by atoms with Crippen molar-refractivity contribution in [3.63, 3.8) is 0 Å². The summed E-state index contributed by atoms with van der Waals surface area (Å²) in [5.74, 6) is 3.32. The number of terminal acetylenes is 1. The zero-order valence-electron chi connectivity index (χ0n) is 10.3. The molecular formula is C13H16O4S. The van der Waals surface area contributed by atoms with Crippen molar-refractivity contribution in [2.75, 3.05) is 25.2 Å². The van der Waals surface area contributed by atoms with Crippen molar-refractivity contribution in [2.45, 2.75) is 6.42 Å². The molecule has 98 valence electrons. The monoisotopic (exact) mass is 268 g/mol. The van der Waals surface area contributed by atoms with E-state index in [0.717, 1.165) is 0 Å². The zero-order valence-corrected chi connectivity index (χ0v) is 11.1. The van der Waals surface area contributed by atoms with Crippen LogP contribution in [0.2, 0.25) is 0 Å². The van der Waals surface area contributed by atoms with Gasteiger partial charge >= 0.3 is 0 Å². The van der Waals surface area contributed by atoms with Crippen molar-refractivity contribution in [3.8, 4) is 23.8 Å². The van der Waals surface area contributed by atoms with Crippen LogP contribution in [-0.2, 0) is 9.84 Å². The van der Waals surface area contributed by atoms with E-state index < -0.39 is 9.84 Å². The summed E-state index contributed by atoms with van der Waals surface area (Å²) in [5, 5.41) is 0. The van der Waals surface area contributed by atoms with Gasteiger partial charge in [0, 0.05) is 6.07 Å². The molecule has 1 rings (SSSR count). The van der Waals surface area contributed by atoms with Crippen molar-refractivity contribution >= 4 is 9.84 Å². The fraction of sp³-hybridized carbons (Fsp3) is 0.385. The standard InChI is InChI=1S/C13H16O4S/c1-3-9-18(14,15)10-5-8-17-13-7-4-6-12(11-13)16-2/h1,4,6-7,11H,5,8-10H2,2H3. The molecule has 0 unspecified atom stereocenters. The molecule has 0 heterocycles. The molecule has 0 N–H and O–H groups in total. The summed E-state index contributed by atoms with van der Waals surface area (Å²) in [6, 6.07) is 7.15. The Morgan fingerprint density at radius 2 is 2.06 bits per heavy atom. The average Bonchev–Trinajstić information content (AvgIpc) is 2.35. The van der Waals surface area contributed by atoms with Gasteiger partial charge in [-0.3, -0.25) is 0 Å². The third-order valence-corrected chi connectivity index (χ3v) is 3.73. The van der Waals surface area contributed by atoms with Gasteiger partial charge < -0.3 is 9.47 Å². The first kappa shape index (κ1) is 14.4. The van der Waals surface area contributed by atoms with E-state index in [1.807, 2.05) is 12.1 Å². The van der Waals surface area contributed by atoms with E-state index in [2.05, 4.69) is 5.92 Å². The first-order chi connectivity index (χ1) is 8.57. The Morgan fingerprint density at radius 1 is 1.33 bits per heavy atom. The molecule has 5 heteroatoms. The molecule has 4 nitrogen and oxygen atoms in total. The molecule has 0 radical (unpaired) electrons. The Morgan fingerprint density at radius 3 is 2.72 bits per heavy atom. The van der Waals surface area contributed by atoms with Gasteiger partial charge in [0.1, 0.15) is 17.3 Å². The van der Waals surface area contributed by atoms with E-state index in [-0.39, 0.29) is 11.5 Å². The molecular weight excluding hydrogens is 252 g/mol. The van der Waals surface area contributed by atoms with Gasteiger partial charge in [0.05, 0.1) is 19.5 Å². The van der Waals surface area contributed by atoms with Gasteiger partial charge in [0.15, 0.2) is 9.84 Å². The highest BCUT2D eigenvalue weighted by Gasteiger charge is 2.08. The molecule has 0 bridgehead atoms. The summed E-state index contributed by atoms with van der Waals surface area (Å²) in [5.41, 5.74) is 0. The second-order valence-electron chi connectivity index (χ2n) is 3.68. The van der Waals surface area contributed by atoms with Crippen molar-refractivity contribution in [3.05, 3.63) is 24.3 Å².